The smallest absolute Gasteiger partial charge is 0.281 e. The lowest BCUT2D eigenvalue weighted by molar-refractivity contribution is 0.0167. The third kappa shape index (κ3) is 4.28. The summed E-state index contributed by atoms with van der Waals surface area (Å²) in [5.74, 6) is 0.612. The molecule has 3 aliphatic rings. The van der Waals surface area contributed by atoms with Crippen LogP contribution in [0.3, 0.4) is 0 Å². The van der Waals surface area contributed by atoms with Crippen LogP contribution in [0.15, 0.2) is 16.2 Å². The van der Waals surface area contributed by atoms with Crippen molar-refractivity contribution in [3.63, 3.8) is 0 Å². The van der Waals surface area contributed by atoms with Gasteiger partial charge in [0.2, 0.25) is 18.2 Å². The monoisotopic (exact) mass is 410 g/mol. The zero-order valence-corrected chi connectivity index (χ0v) is 16.1. The number of rotatable bonds is 3. The van der Waals surface area contributed by atoms with Crippen LogP contribution in [0.2, 0.25) is 0 Å². The third-order valence-corrected chi connectivity index (χ3v) is 5.02. The van der Waals surface area contributed by atoms with E-state index in [-0.39, 0.29) is 23.4 Å². The Balaban J connectivity index is 1.70. The molecule has 12 heteroatoms. The second-order valence-electron chi connectivity index (χ2n) is 7.00. The maximum absolute atomic E-state index is 13.6. The number of amidine groups is 1. The maximum atomic E-state index is 13.6. The number of nitrogens with one attached hydrogen (secondary N) is 1. The number of ether oxygens (including phenoxy) is 2. The van der Waals surface area contributed by atoms with Gasteiger partial charge in [0, 0.05) is 25.8 Å². The van der Waals surface area contributed by atoms with Gasteiger partial charge in [0.1, 0.15) is 11.5 Å². The number of hydrogen-bond donors (Lipinski definition) is 2. The first-order chi connectivity index (χ1) is 14.0. The molecule has 158 valence electrons. The molecular weight excluding hydrogens is 386 g/mol. The van der Waals surface area contributed by atoms with Gasteiger partial charge in [-0.1, -0.05) is 0 Å². The fraction of sp³-hybridized carbons (Fsp3) is 0.647. The van der Waals surface area contributed by atoms with Gasteiger partial charge in [-0.15, -0.1) is 0 Å². The van der Waals surface area contributed by atoms with E-state index in [1.165, 1.54) is 6.20 Å². The molecule has 2 atom stereocenters. The summed E-state index contributed by atoms with van der Waals surface area (Å²) in [5.41, 5.74) is 5.17. The SMILES string of the molecule is C[C@H]1COCCN1C1=NC(N2CCOCC2)N=C(c2cnc(N)nc2C(F)F)N1. The van der Waals surface area contributed by atoms with Crippen LogP contribution < -0.4 is 11.1 Å². The fourth-order valence-corrected chi connectivity index (χ4v) is 3.48. The van der Waals surface area contributed by atoms with Gasteiger partial charge in [-0.25, -0.2) is 28.7 Å². The second-order valence-corrected chi connectivity index (χ2v) is 7.00. The molecule has 0 saturated carbocycles. The predicted molar refractivity (Wildman–Crippen MR) is 102 cm³/mol. The minimum absolute atomic E-state index is 0.0805. The van der Waals surface area contributed by atoms with Gasteiger partial charge < -0.3 is 25.4 Å². The predicted octanol–water partition coefficient (Wildman–Crippen LogP) is 0.0387. The molecule has 1 unspecified atom stereocenters. The number of aromatic nitrogens is 2. The lowest BCUT2D eigenvalue weighted by Gasteiger charge is -2.39. The number of anilines is 1. The number of alkyl halides is 2. The van der Waals surface area contributed by atoms with Crippen LogP contribution in [-0.4, -0.2) is 90.0 Å². The standard InChI is InChI=1S/C17H24F2N8O2/c1-10-9-29-7-4-27(10)17-24-14(11-8-21-15(20)22-12(11)13(18)19)23-16(25-17)26-2-5-28-6-3-26/h8,10,13,16H,2-7,9H2,1H3,(H2,20,21,22)(H,23,24,25)/t10-,16?/m0/s1. The van der Waals surface area contributed by atoms with Crippen LogP contribution in [0.25, 0.3) is 0 Å². The van der Waals surface area contributed by atoms with Crippen molar-refractivity contribution in [3.05, 3.63) is 17.5 Å². The van der Waals surface area contributed by atoms with E-state index in [0.29, 0.717) is 52.0 Å². The van der Waals surface area contributed by atoms with Crippen molar-refractivity contribution in [2.45, 2.75) is 25.7 Å². The molecule has 0 aromatic carbocycles. The Morgan fingerprint density at radius 1 is 1.17 bits per heavy atom. The molecule has 3 aliphatic heterocycles. The van der Waals surface area contributed by atoms with E-state index in [1.54, 1.807) is 0 Å². The van der Waals surface area contributed by atoms with Crippen molar-refractivity contribution in [1.82, 2.24) is 25.1 Å². The molecule has 0 bridgehead atoms. The minimum atomic E-state index is -2.81. The molecule has 2 fully saturated rings. The van der Waals surface area contributed by atoms with Crippen LogP contribution >= 0.6 is 0 Å². The molecule has 29 heavy (non-hydrogen) atoms. The van der Waals surface area contributed by atoms with Gasteiger partial charge >= 0.3 is 0 Å². The van der Waals surface area contributed by atoms with Crippen LogP contribution in [0.1, 0.15) is 24.6 Å². The third-order valence-electron chi connectivity index (χ3n) is 5.02. The van der Waals surface area contributed by atoms with E-state index in [1.807, 2.05) is 6.92 Å². The van der Waals surface area contributed by atoms with Crippen LogP contribution in [-0.2, 0) is 9.47 Å². The minimum Gasteiger partial charge on any atom is -0.379 e. The van der Waals surface area contributed by atoms with Gasteiger partial charge in [-0.2, -0.15) is 0 Å². The van der Waals surface area contributed by atoms with Gasteiger partial charge in [0.05, 0.1) is 38.0 Å². The number of morpholine rings is 2. The first-order valence-corrected chi connectivity index (χ1v) is 9.52. The molecule has 10 nitrogen and oxygen atoms in total. The highest BCUT2D eigenvalue weighted by atomic mass is 19.3. The van der Waals surface area contributed by atoms with Gasteiger partial charge in [-0.3, -0.25) is 4.90 Å². The van der Waals surface area contributed by atoms with E-state index >= 15 is 0 Å². The summed E-state index contributed by atoms with van der Waals surface area (Å²) in [4.78, 5) is 21.1. The molecule has 0 radical (unpaired) electrons. The van der Waals surface area contributed by atoms with E-state index in [9.17, 15) is 8.78 Å². The highest BCUT2D eigenvalue weighted by molar-refractivity contribution is 6.10. The topological polar surface area (TPSA) is 113 Å². The summed E-state index contributed by atoms with van der Waals surface area (Å²) in [6.45, 7) is 6.22. The number of hydrogen-bond acceptors (Lipinski definition) is 10. The maximum Gasteiger partial charge on any atom is 0.281 e. The van der Waals surface area contributed by atoms with Gasteiger partial charge in [-0.05, 0) is 6.92 Å². The zero-order valence-electron chi connectivity index (χ0n) is 16.1. The average molecular weight is 410 g/mol. The molecular formula is C17H24F2N8O2. The molecule has 0 amide bonds. The normalized spacial score (nSPS) is 26.1. The summed E-state index contributed by atoms with van der Waals surface area (Å²) in [7, 11) is 0. The molecule has 4 heterocycles. The van der Waals surface area contributed by atoms with Crippen molar-refractivity contribution >= 4 is 17.7 Å². The largest absolute Gasteiger partial charge is 0.379 e. The Morgan fingerprint density at radius 3 is 2.66 bits per heavy atom. The lowest BCUT2D eigenvalue weighted by atomic mass is 10.2. The summed E-state index contributed by atoms with van der Waals surface area (Å²) < 4.78 is 38.1. The second kappa shape index (κ2) is 8.51. The Hall–Kier alpha value is -2.44. The quantitative estimate of drug-likeness (QED) is 0.718. The van der Waals surface area contributed by atoms with Crippen molar-refractivity contribution in [1.29, 1.82) is 0 Å². The van der Waals surface area contributed by atoms with Crippen molar-refractivity contribution < 1.29 is 18.3 Å². The number of aliphatic imine (C=N–C) groups is 2. The van der Waals surface area contributed by atoms with Crippen LogP contribution in [0, 0.1) is 0 Å². The number of nitrogens with zero attached hydrogens (tertiary/aromatic N) is 6. The first-order valence-electron chi connectivity index (χ1n) is 9.52. The summed E-state index contributed by atoms with van der Waals surface area (Å²) >= 11 is 0. The highest BCUT2D eigenvalue weighted by Crippen LogP contribution is 2.23. The van der Waals surface area contributed by atoms with E-state index in [4.69, 9.17) is 20.2 Å². The molecule has 3 N–H and O–H groups in total. The fourth-order valence-electron chi connectivity index (χ4n) is 3.48. The van der Waals surface area contributed by atoms with Crippen LogP contribution in [0.4, 0.5) is 14.7 Å². The summed E-state index contributed by atoms with van der Waals surface area (Å²) in [6.07, 6.45) is -2.09. The number of halogens is 2. The van der Waals surface area contributed by atoms with E-state index < -0.39 is 18.4 Å². The molecule has 0 aliphatic carbocycles. The number of nitrogens with two attached hydrogens (primary N) is 1. The van der Waals surface area contributed by atoms with Crippen molar-refractivity contribution in [2.75, 3.05) is 51.8 Å². The van der Waals surface area contributed by atoms with Crippen molar-refractivity contribution in [2.24, 2.45) is 9.98 Å². The Kier molecular flexibility index (Phi) is 5.83. The van der Waals surface area contributed by atoms with Gasteiger partial charge in [0.25, 0.3) is 6.43 Å². The van der Waals surface area contributed by atoms with Crippen molar-refractivity contribution in [3.8, 4) is 0 Å². The highest BCUT2D eigenvalue weighted by Gasteiger charge is 2.32. The zero-order chi connectivity index (χ0) is 20.4. The number of nitrogen functional groups attached to an aromatic ring is 1. The number of guanidine groups is 1. The lowest BCUT2D eigenvalue weighted by Crippen LogP contribution is -2.57. The average Bonchev–Trinajstić information content (AvgIpc) is 2.74. The molecule has 4 rings (SSSR count). The molecule has 2 saturated heterocycles. The Bertz CT molecular complexity index is 800. The molecule has 0 spiro atoms. The molecule has 1 aromatic rings. The van der Waals surface area contributed by atoms with E-state index in [0.717, 1.165) is 0 Å². The Labute approximate surface area is 166 Å². The van der Waals surface area contributed by atoms with Gasteiger partial charge in [0.15, 0.2) is 0 Å². The van der Waals surface area contributed by atoms with Crippen LogP contribution in [0.5, 0.6) is 0 Å². The summed E-state index contributed by atoms with van der Waals surface area (Å²) in [5, 5.41) is 3.11. The molecule has 1 aromatic heterocycles. The summed E-state index contributed by atoms with van der Waals surface area (Å²) in [6, 6.07) is 0.0805. The first kappa shape index (κ1) is 19.9. The Morgan fingerprint density at radius 2 is 1.93 bits per heavy atom. The van der Waals surface area contributed by atoms with E-state index in [2.05, 4.69) is 30.1 Å².